The Morgan fingerprint density at radius 1 is 1.35 bits per heavy atom. The number of rotatable bonds is 5. The summed E-state index contributed by atoms with van der Waals surface area (Å²) < 4.78 is 0. The minimum atomic E-state index is -0.818. The average Bonchev–Trinajstić information content (AvgIpc) is 2.70. The molecule has 0 aliphatic heterocycles. The average molecular weight is 295 g/mol. The van der Waals surface area contributed by atoms with E-state index in [-0.39, 0.29) is 5.91 Å². The van der Waals surface area contributed by atoms with Crippen molar-refractivity contribution in [2.45, 2.75) is 45.4 Å². The molecule has 1 aromatic rings. The van der Waals surface area contributed by atoms with Crippen LogP contribution in [0.2, 0.25) is 0 Å². The molecule has 2 rings (SSSR count). The van der Waals surface area contributed by atoms with E-state index in [4.69, 9.17) is 5.11 Å². The molecular weight excluding hydrogens is 274 g/mol. The molecule has 1 aliphatic carbocycles. The van der Waals surface area contributed by atoms with Gasteiger partial charge in [0.2, 0.25) is 0 Å². The summed E-state index contributed by atoms with van der Waals surface area (Å²) in [4.78, 5) is 24.9. The fraction of sp³-hybridized carbons (Fsp3) is 0.600. The van der Waals surface area contributed by atoms with Gasteiger partial charge in [0.25, 0.3) is 5.91 Å². The Kier molecular flexibility index (Phi) is 5.17. The molecule has 2 N–H and O–H groups in total. The van der Waals surface area contributed by atoms with Crippen LogP contribution >= 0.6 is 11.3 Å². The molecule has 0 radical (unpaired) electrons. The Balaban J connectivity index is 1.88. The highest BCUT2D eigenvalue weighted by atomic mass is 32.1. The first-order chi connectivity index (χ1) is 9.58. The first-order valence-corrected chi connectivity index (χ1v) is 8.02. The summed E-state index contributed by atoms with van der Waals surface area (Å²) in [5.74, 6) is -1.31. The summed E-state index contributed by atoms with van der Waals surface area (Å²) in [5, 5.41) is 11.6. The van der Waals surface area contributed by atoms with Crippen LogP contribution in [0.15, 0.2) is 6.07 Å². The lowest BCUT2D eigenvalue weighted by Gasteiger charge is -2.06. The molecule has 1 aromatic heterocycles. The molecule has 1 atom stereocenters. The predicted molar refractivity (Wildman–Crippen MR) is 79.3 cm³/mol. The van der Waals surface area contributed by atoms with Gasteiger partial charge >= 0.3 is 5.97 Å². The fourth-order valence-corrected chi connectivity index (χ4v) is 3.56. The molecular formula is C15H21NO3S. The first-order valence-electron chi connectivity index (χ1n) is 7.20. The normalized spacial score (nSPS) is 16.1. The standard InChI is InChI=1S/C15H21NO3S/c1-10(15(18)19)7-8-16-14(17)13-9-11-5-3-2-4-6-12(11)20-13/h9-10H,2-8H2,1H3,(H,16,17)(H,18,19). The van der Waals surface area contributed by atoms with E-state index in [2.05, 4.69) is 5.32 Å². The highest BCUT2D eigenvalue weighted by molar-refractivity contribution is 7.14. The van der Waals surface area contributed by atoms with Crippen LogP contribution in [0.3, 0.4) is 0 Å². The number of carbonyl (C=O) groups is 2. The molecule has 4 nitrogen and oxygen atoms in total. The molecule has 1 amide bonds. The summed E-state index contributed by atoms with van der Waals surface area (Å²) in [7, 11) is 0. The fourth-order valence-electron chi connectivity index (χ4n) is 2.39. The molecule has 0 saturated heterocycles. The number of carbonyl (C=O) groups excluding carboxylic acids is 1. The SMILES string of the molecule is CC(CCNC(=O)c1cc2c(s1)CCCCC2)C(=O)O. The zero-order valence-electron chi connectivity index (χ0n) is 11.8. The Hall–Kier alpha value is -1.36. The number of fused-ring (bicyclic) bond motifs is 1. The molecule has 0 spiro atoms. The number of aliphatic carboxylic acids is 1. The number of aryl methyl sites for hydroxylation is 2. The smallest absolute Gasteiger partial charge is 0.306 e. The van der Waals surface area contributed by atoms with Gasteiger partial charge in [0.05, 0.1) is 10.8 Å². The van der Waals surface area contributed by atoms with Crippen LogP contribution in [0.1, 0.15) is 52.7 Å². The Labute approximate surface area is 123 Å². The lowest BCUT2D eigenvalue weighted by atomic mass is 10.1. The van der Waals surface area contributed by atoms with Crippen LogP contribution in [-0.2, 0) is 17.6 Å². The quantitative estimate of drug-likeness (QED) is 0.821. The van der Waals surface area contributed by atoms with Crippen molar-refractivity contribution in [3.63, 3.8) is 0 Å². The van der Waals surface area contributed by atoms with Crippen molar-refractivity contribution < 1.29 is 14.7 Å². The van der Waals surface area contributed by atoms with E-state index in [1.807, 2.05) is 6.07 Å². The number of amides is 1. The first kappa shape index (κ1) is 15.0. The largest absolute Gasteiger partial charge is 0.481 e. The van der Waals surface area contributed by atoms with E-state index in [9.17, 15) is 9.59 Å². The molecule has 0 aromatic carbocycles. The van der Waals surface area contributed by atoms with E-state index < -0.39 is 11.9 Å². The van der Waals surface area contributed by atoms with Gasteiger partial charge in [-0.3, -0.25) is 9.59 Å². The molecule has 110 valence electrons. The summed E-state index contributed by atoms with van der Waals surface area (Å²) in [6.45, 7) is 2.07. The molecule has 1 unspecified atom stereocenters. The number of thiophene rings is 1. The number of nitrogens with one attached hydrogen (secondary N) is 1. The van der Waals surface area contributed by atoms with E-state index in [1.165, 1.54) is 29.7 Å². The van der Waals surface area contributed by atoms with Crippen molar-refractivity contribution in [1.82, 2.24) is 5.32 Å². The third kappa shape index (κ3) is 3.82. The maximum atomic E-state index is 12.1. The second kappa shape index (κ2) is 6.88. The maximum Gasteiger partial charge on any atom is 0.306 e. The number of carboxylic acid groups (broad SMARTS) is 1. The predicted octanol–water partition coefficient (Wildman–Crippen LogP) is 2.86. The summed E-state index contributed by atoms with van der Waals surface area (Å²) in [6.07, 6.45) is 6.33. The minimum absolute atomic E-state index is 0.0688. The summed E-state index contributed by atoms with van der Waals surface area (Å²) in [5.41, 5.74) is 1.33. The van der Waals surface area contributed by atoms with Crippen molar-refractivity contribution >= 4 is 23.2 Å². The maximum absolute atomic E-state index is 12.1. The van der Waals surface area contributed by atoms with Crippen LogP contribution < -0.4 is 5.32 Å². The summed E-state index contributed by atoms with van der Waals surface area (Å²) in [6, 6.07) is 2.02. The Bertz CT molecular complexity index is 472. The molecule has 20 heavy (non-hydrogen) atoms. The van der Waals surface area contributed by atoms with Gasteiger partial charge in [-0.2, -0.15) is 0 Å². The van der Waals surface area contributed by atoms with Crippen LogP contribution in [0.4, 0.5) is 0 Å². The van der Waals surface area contributed by atoms with E-state index in [0.29, 0.717) is 13.0 Å². The van der Waals surface area contributed by atoms with Crippen LogP contribution in [0, 0.1) is 5.92 Å². The molecule has 1 aliphatic rings. The molecule has 5 heteroatoms. The van der Waals surface area contributed by atoms with Gasteiger partial charge in [-0.1, -0.05) is 13.3 Å². The monoisotopic (exact) mass is 295 g/mol. The van der Waals surface area contributed by atoms with Gasteiger partial charge in [-0.15, -0.1) is 11.3 Å². The van der Waals surface area contributed by atoms with Crippen molar-refractivity contribution in [2.24, 2.45) is 5.92 Å². The lowest BCUT2D eigenvalue weighted by molar-refractivity contribution is -0.141. The van der Waals surface area contributed by atoms with Crippen LogP contribution in [0.5, 0.6) is 0 Å². The third-order valence-corrected chi connectivity index (χ3v) is 4.99. The molecule has 0 saturated carbocycles. The van der Waals surface area contributed by atoms with Crippen molar-refractivity contribution in [1.29, 1.82) is 0 Å². The third-order valence-electron chi connectivity index (χ3n) is 3.75. The molecule has 1 heterocycles. The highest BCUT2D eigenvalue weighted by Crippen LogP contribution is 2.28. The topological polar surface area (TPSA) is 66.4 Å². The number of hydrogen-bond acceptors (Lipinski definition) is 3. The molecule has 0 bridgehead atoms. The number of hydrogen-bond donors (Lipinski definition) is 2. The van der Waals surface area contributed by atoms with Gasteiger partial charge in [0.15, 0.2) is 0 Å². The molecule has 0 fully saturated rings. The van der Waals surface area contributed by atoms with E-state index in [0.717, 1.165) is 17.7 Å². The Morgan fingerprint density at radius 3 is 2.85 bits per heavy atom. The highest BCUT2D eigenvalue weighted by Gasteiger charge is 2.17. The van der Waals surface area contributed by atoms with Gasteiger partial charge in [-0.25, -0.2) is 0 Å². The van der Waals surface area contributed by atoms with Gasteiger partial charge in [0.1, 0.15) is 0 Å². The number of carboxylic acids is 1. The second-order valence-electron chi connectivity index (χ2n) is 5.40. The van der Waals surface area contributed by atoms with Crippen LogP contribution in [-0.4, -0.2) is 23.5 Å². The summed E-state index contributed by atoms with van der Waals surface area (Å²) >= 11 is 1.59. The van der Waals surface area contributed by atoms with E-state index in [1.54, 1.807) is 18.3 Å². The van der Waals surface area contributed by atoms with Crippen LogP contribution in [0.25, 0.3) is 0 Å². The van der Waals surface area contributed by atoms with Gasteiger partial charge < -0.3 is 10.4 Å². The lowest BCUT2D eigenvalue weighted by Crippen LogP contribution is -2.26. The van der Waals surface area contributed by atoms with Crippen molar-refractivity contribution in [2.75, 3.05) is 6.54 Å². The second-order valence-corrected chi connectivity index (χ2v) is 6.54. The van der Waals surface area contributed by atoms with Crippen molar-refractivity contribution in [3.05, 3.63) is 21.4 Å². The van der Waals surface area contributed by atoms with Gasteiger partial charge in [0, 0.05) is 11.4 Å². The zero-order chi connectivity index (χ0) is 14.5. The van der Waals surface area contributed by atoms with E-state index >= 15 is 0 Å². The minimum Gasteiger partial charge on any atom is -0.481 e. The Morgan fingerprint density at radius 2 is 2.10 bits per heavy atom. The zero-order valence-corrected chi connectivity index (χ0v) is 12.6. The van der Waals surface area contributed by atoms with Crippen molar-refractivity contribution in [3.8, 4) is 0 Å². The van der Waals surface area contributed by atoms with Gasteiger partial charge in [-0.05, 0) is 43.7 Å².